The van der Waals surface area contributed by atoms with Crippen molar-refractivity contribution in [1.29, 1.82) is 0 Å². The van der Waals surface area contributed by atoms with Crippen LogP contribution in [0.15, 0.2) is 42.5 Å². The molecule has 0 spiro atoms. The average molecular weight is 370 g/mol. The van der Waals surface area contributed by atoms with Crippen molar-refractivity contribution >= 4 is 17.5 Å². The number of methoxy groups -OCH3 is 2. The number of anilines is 1. The Bertz CT molecular complexity index is 803. The summed E-state index contributed by atoms with van der Waals surface area (Å²) in [6.45, 7) is 4.41. The predicted octanol–water partition coefficient (Wildman–Crippen LogP) is 3.47. The minimum Gasteiger partial charge on any atom is -0.493 e. The molecule has 2 rings (SSSR count). The van der Waals surface area contributed by atoms with Crippen molar-refractivity contribution in [3.63, 3.8) is 0 Å². The number of nitrogens with one attached hydrogen (secondary N) is 2. The van der Waals surface area contributed by atoms with Gasteiger partial charge in [-0.1, -0.05) is 38.1 Å². The molecule has 2 amide bonds. The summed E-state index contributed by atoms with van der Waals surface area (Å²) in [4.78, 5) is 24.3. The van der Waals surface area contributed by atoms with Crippen molar-refractivity contribution in [3.05, 3.63) is 53.6 Å². The van der Waals surface area contributed by atoms with Gasteiger partial charge in [0.05, 0.1) is 14.2 Å². The lowest BCUT2D eigenvalue weighted by atomic mass is 10.0. The number of para-hydroxylation sites is 1. The maximum Gasteiger partial charge on any atom is 0.233 e. The number of hydrogen-bond donors (Lipinski definition) is 2. The Kier molecular flexibility index (Phi) is 7.23. The van der Waals surface area contributed by atoms with Crippen LogP contribution in [0.5, 0.6) is 11.5 Å². The molecule has 0 saturated carbocycles. The molecule has 0 aliphatic rings. The monoisotopic (exact) mass is 370 g/mol. The van der Waals surface area contributed by atoms with Crippen LogP contribution in [0, 0.1) is 0 Å². The van der Waals surface area contributed by atoms with E-state index in [0.29, 0.717) is 18.0 Å². The van der Waals surface area contributed by atoms with E-state index >= 15 is 0 Å². The fourth-order valence-corrected chi connectivity index (χ4v) is 2.71. The first-order chi connectivity index (χ1) is 12.9. The van der Waals surface area contributed by atoms with E-state index in [-0.39, 0.29) is 24.2 Å². The van der Waals surface area contributed by atoms with Gasteiger partial charge in [0.1, 0.15) is 6.42 Å². The second-order valence-electron chi connectivity index (χ2n) is 6.43. The van der Waals surface area contributed by atoms with Gasteiger partial charge in [0.2, 0.25) is 11.8 Å². The first-order valence-corrected chi connectivity index (χ1v) is 8.81. The van der Waals surface area contributed by atoms with E-state index in [1.54, 1.807) is 26.4 Å². The lowest BCUT2D eigenvalue weighted by Crippen LogP contribution is -2.28. The molecule has 2 aromatic rings. The number of rotatable bonds is 8. The minimum atomic E-state index is -0.343. The normalized spacial score (nSPS) is 10.4. The first-order valence-electron chi connectivity index (χ1n) is 8.81. The Morgan fingerprint density at radius 2 is 1.67 bits per heavy atom. The van der Waals surface area contributed by atoms with Crippen LogP contribution < -0.4 is 20.1 Å². The number of hydrogen-bond acceptors (Lipinski definition) is 4. The summed E-state index contributed by atoms with van der Waals surface area (Å²) in [7, 11) is 3.12. The SMILES string of the molecule is COc1ccc(CNC(=O)CC(=O)Nc2ccccc2C(C)C)cc1OC. The number of amides is 2. The van der Waals surface area contributed by atoms with Crippen molar-refractivity contribution < 1.29 is 19.1 Å². The van der Waals surface area contributed by atoms with Crippen LogP contribution in [0.25, 0.3) is 0 Å². The van der Waals surface area contributed by atoms with Crippen LogP contribution in [0.3, 0.4) is 0 Å². The van der Waals surface area contributed by atoms with E-state index in [4.69, 9.17) is 9.47 Å². The van der Waals surface area contributed by atoms with Crippen molar-refractivity contribution in [2.75, 3.05) is 19.5 Å². The summed E-state index contributed by atoms with van der Waals surface area (Å²) < 4.78 is 10.4. The maximum absolute atomic E-state index is 12.2. The van der Waals surface area contributed by atoms with Gasteiger partial charge >= 0.3 is 0 Å². The zero-order chi connectivity index (χ0) is 19.8. The quantitative estimate of drug-likeness (QED) is 0.698. The van der Waals surface area contributed by atoms with E-state index in [9.17, 15) is 9.59 Å². The third kappa shape index (κ3) is 5.74. The molecule has 2 N–H and O–H groups in total. The molecule has 27 heavy (non-hydrogen) atoms. The summed E-state index contributed by atoms with van der Waals surface area (Å²) in [6.07, 6.45) is -0.236. The van der Waals surface area contributed by atoms with Gasteiger partial charge < -0.3 is 20.1 Å². The summed E-state index contributed by atoms with van der Waals surface area (Å²) in [5.41, 5.74) is 2.63. The van der Waals surface area contributed by atoms with Crippen molar-refractivity contribution in [2.45, 2.75) is 32.7 Å². The highest BCUT2D eigenvalue weighted by atomic mass is 16.5. The molecule has 0 radical (unpaired) electrons. The Balaban J connectivity index is 1.90. The van der Waals surface area contributed by atoms with Gasteiger partial charge in [-0.05, 0) is 35.2 Å². The lowest BCUT2D eigenvalue weighted by molar-refractivity contribution is -0.126. The molecule has 0 aromatic heterocycles. The van der Waals surface area contributed by atoms with Crippen LogP contribution in [0.1, 0.15) is 37.3 Å². The molecule has 0 unspecified atom stereocenters. The first kappa shape index (κ1) is 20.3. The van der Waals surface area contributed by atoms with Gasteiger partial charge in [0.15, 0.2) is 11.5 Å². The second kappa shape index (κ2) is 9.62. The Labute approximate surface area is 159 Å². The fourth-order valence-electron chi connectivity index (χ4n) is 2.71. The largest absolute Gasteiger partial charge is 0.493 e. The third-order valence-corrected chi connectivity index (χ3v) is 4.12. The van der Waals surface area contributed by atoms with Gasteiger partial charge in [-0.2, -0.15) is 0 Å². The Morgan fingerprint density at radius 1 is 0.963 bits per heavy atom. The maximum atomic E-state index is 12.2. The summed E-state index contributed by atoms with van der Waals surface area (Å²) in [5, 5.41) is 5.56. The van der Waals surface area contributed by atoms with Crippen molar-refractivity contribution in [2.24, 2.45) is 0 Å². The second-order valence-corrected chi connectivity index (χ2v) is 6.43. The van der Waals surface area contributed by atoms with Crippen LogP contribution in [0.2, 0.25) is 0 Å². The molecule has 6 heteroatoms. The molecule has 6 nitrogen and oxygen atoms in total. The van der Waals surface area contributed by atoms with Gasteiger partial charge in [-0.25, -0.2) is 0 Å². The van der Waals surface area contributed by atoms with Crippen molar-refractivity contribution in [3.8, 4) is 11.5 Å². The molecule has 0 bridgehead atoms. The molecule has 0 aliphatic carbocycles. The molecule has 144 valence electrons. The van der Waals surface area contributed by atoms with Gasteiger partial charge in [0.25, 0.3) is 0 Å². The van der Waals surface area contributed by atoms with E-state index in [1.807, 2.05) is 30.3 Å². The Hall–Kier alpha value is -3.02. The topological polar surface area (TPSA) is 76.7 Å². The summed E-state index contributed by atoms with van der Waals surface area (Å²) in [5.74, 6) is 0.806. The summed E-state index contributed by atoms with van der Waals surface area (Å²) >= 11 is 0. The number of carbonyl (C=O) groups excluding carboxylic acids is 2. The van der Waals surface area contributed by atoms with E-state index in [1.165, 1.54) is 0 Å². The van der Waals surface area contributed by atoms with Crippen LogP contribution in [-0.4, -0.2) is 26.0 Å². The molecular weight excluding hydrogens is 344 g/mol. The zero-order valence-electron chi connectivity index (χ0n) is 16.2. The Morgan fingerprint density at radius 3 is 2.33 bits per heavy atom. The fraction of sp³-hybridized carbons (Fsp3) is 0.333. The molecule has 0 aliphatic heterocycles. The molecule has 2 aromatic carbocycles. The van der Waals surface area contributed by atoms with Crippen molar-refractivity contribution in [1.82, 2.24) is 5.32 Å². The van der Waals surface area contributed by atoms with Crippen LogP contribution >= 0.6 is 0 Å². The van der Waals surface area contributed by atoms with E-state index < -0.39 is 0 Å². The van der Waals surface area contributed by atoms with E-state index in [0.717, 1.165) is 16.8 Å². The number of ether oxygens (including phenoxy) is 2. The standard InChI is InChI=1S/C21H26N2O4/c1-14(2)16-7-5-6-8-17(16)23-21(25)12-20(24)22-13-15-9-10-18(26-3)19(11-15)27-4/h5-11,14H,12-13H2,1-4H3,(H,22,24)(H,23,25). The van der Waals surface area contributed by atoms with Gasteiger partial charge in [0, 0.05) is 12.2 Å². The molecular formula is C21H26N2O4. The highest BCUT2D eigenvalue weighted by molar-refractivity contribution is 6.03. The van der Waals surface area contributed by atoms with E-state index in [2.05, 4.69) is 24.5 Å². The van der Waals surface area contributed by atoms with Gasteiger partial charge in [-0.3, -0.25) is 9.59 Å². The molecule has 0 fully saturated rings. The summed E-state index contributed by atoms with van der Waals surface area (Å²) in [6, 6.07) is 13.0. The highest BCUT2D eigenvalue weighted by Gasteiger charge is 2.13. The lowest BCUT2D eigenvalue weighted by Gasteiger charge is -2.13. The van der Waals surface area contributed by atoms with Crippen LogP contribution in [0.4, 0.5) is 5.69 Å². The molecule has 0 atom stereocenters. The van der Waals surface area contributed by atoms with Crippen LogP contribution in [-0.2, 0) is 16.1 Å². The average Bonchev–Trinajstić information content (AvgIpc) is 2.66. The number of carbonyl (C=O) groups is 2. The molecule has 0 saturated heterocycles. The zero-order valence-corrected chi connectivity index (χ0v) is 16.2. The highest BCUT2D eigenvalue weighted by Crippen LogP contribution is 2.27. The van der Waals surface area contributed by atoms with Gasteiger partial charge in [-0.15, -0.1) is 0 Å². The molecule has 0 heterocycles. The third-order valence-electron chi connectivity index (χ3n) is 4.12. The predicted molar refractivity (Wildman–Crippen MR) is 105 cm³/mol. The minimum absolute atomic E-state index is 0.236. The smallest absolute Gasteiger partial charge is 0.233 e. The number of benzene rings is 2.